The molecule has 0 radical (unpaired) electrons. The second-order valence-corrected chi connectivity index (χ2v) is 8.10. The zero-order valence-electron chi connectivity index (χ0n) is 14.1. The molecule has 0 N–H and O–H groups in total. The van der Waals surface area contributed by atoms with Gasteiger partial charge < -0.3 is 0 Å². The Morgan fingerprint density at radius 3 is 2.36 bits per heavy atom. The topological polar surface area (TPSA) is 12.4 Å². The molecule has 0 bridgehead atoms. The van der Waals surface area contributed by atoms with Gasteiger partial charge in [0.15, 0.2) is 0 Å². The fraction of sp³-hybridized carbons (Fsp3) is 0.136. The van der Waals surface area contributed by atoms with Crippen molar-refractivity contribution in [1.82, 2.24) is 0 Å². The van der Waals surface area contributed by atoms with E-state index in [1.165, 1.54) is 20.9 Å². The van der Waals surface area contributed by atoms with Crippen molar-refractivity contribution in [2.75, 3.05) is 6.26 Å². The van der Waals surface area contributed by atoms with Crippen LogP contribution in [0.5, 0.6) is 0 Å². The summed E-state index contributed by atoms with van der Waals surface area (Å²) in [5, 5.41) is 0.374. The third kappa shape index (κ3) is 3.68. The smallest absolute Gasteiger partial charge is 0.0769 e. The molecule has 0 spiro atoms. The quantitative estimate of drug-likeness (QED) is 0.477. The molecule has 25 heavy (non-hydrogen) atoms. The third-order valence-corrected chi connectivity index (χ3v) is 6.43. The molecule has 0 saturated carbocycles. The number of benzene rings is 3. The standard InChI is InChI=1S/C22H19NS2/c1-24-18-13-11-17(12-14-18)22-15-20(16-7-3-2-4-8-16)23-19-9-5-6-10-21(19)25-22/h2-14,22H,15H2,1H3. The molecule has 4 rings (SSSR count). The van der Waals surface area contributed by atoms with E-state index in [0.29, 0.717) is 5.25 Å². The van der Waals surface area contributed by atoms with Gasteiger partial charge in [0.05, 0.1) is 5.69 Å². The molecule has 1 atom stereocenters. The van der Waals surface area contributed by atoms with Crippen molar-refractivity contribution in [3.63, 3.8) is 0 Å². The average Bonchev–Trinajstić information content (AvgIpc) is 2.88. The molecule has 3 heteroatoms. The van der Waals surface area contributed by atoms with Gasteiger partial charge >= 0.3 is 0 Å². The van der Waals surface area contributed by atoms with Gasteiger partial charge in [0.1, 0.15) is 0 Å². The van der Waals surface area contributed by atoms with Crippen LogP contribution < -0.4 is 0 Å². The number of hydrogen-bond acceptors (Lipinski definition) is 3. The monoisotopic (exact) mass is 361 g/mol. The van der Waals surface area contributed by atoms with E-state index in [-0.39, 0.29) is 0 Å². The van der Waals surface area contributed by atoms with E-state index in [2.05, 4.69) is 85.1 Å². The molecule has 0 amide bonds. The summed E-state index contributed by atoms with van der Waals surface area (Å²) in [6.45, 7) is 0. The van der Waals surface area contributed by atoms with Crippen LogP contribution in [0.3, 0.4) is 0 Å². The summed E-state index contributed by atoms with van der Waals surface area (Å²) in [4.78, 5) is 7.57. The molecule has 0 aliphatic carbocycles. The first-order valence-electron chi connectivity index (χ1n) is 8.36. The molecule has 1 aliphatic heterocycles. The number of rotatable bonds is 3. The molecule has 0 saturated heterocycles. The highest BCUT2D eigenvalue weighted by molar-refractivity contribution is 7.99. The predicted molar refractivity (Wildman–Crippen MR) is 111 cm³/mol. The highest BCUT2D eigenvalue weighted by atomic mass is 32.2. The molecule has 1 nitrogen and oxygen atoms in total. The maximum atomic E-state index is 5.01. The number of nitrogens with zero attached hydrogens (tertiary/aromatic N) is 1. The summed E-state index contributed by atoms with van der Waals surface area (Å²) >= 11 is 3.71. The lowest BCUT2D eigenvalue weighted by Gasteiger charge is -2.16. The van der Waals surface area contributed by atoms with Gasteiger partial charge in [0.25, 0.3) is 0 Å². The minimum Gasteiger partial charge on any atom is -0.252 e. The van der Waals surface area contributed by atoms with E-state index in [1.54, 1.807) is 11.8 Å². The summed E-state index contributed by atoms with van der Waals surface area (Å²) in [6.07, 6.45) is 3.05. The summed E-state index contributed by atoms with van der Waals surface area (Å²) in [7, 11) is 0. The Bertz CT molecular complexity index is 885. The van der Waals surface area contributed by atoms with Crippen LogP contribution in [-0.4, -0.2) is 12.0 Å². The van der Waals surface area contributed by atoms with Crippen LogP contribution in [-0.2, 0) is 0 Å². The van der Waals surface area contributed by atoms with Gasteiger partial charge in [-0.2, -0.15) is 0 Å². The lowest BCUT2D eigenvalue weighted by molar-refractivity contribution is 1.01. The number of thioether (sulfide) groups is 2. The van der Waals surface area contributed by atoms with Crippen LogP contribution in [0.1, 0.15) is 22.8 Å². The van der Waals surface area contributed by atoms with Gasteiger partial charge in [-0.1, -0.05) is 54.6 Å². The van der Waals surface area contributed by atoms with Crippen LogP contribution in [0.4, 0.5) is 5.69 Å². The molecular weight excluding hydrogens is 342 g/mol. The van der Waals surface area contributed by atoms with E-state index < -0.39 is 0 Å². The van der Waals surface area contributed by atoms with Crippen molar-refractivity contribution in [2.45, 2.75) is 21.5 Å². The van der Waals surface area contributed by atoms with Crippen LogP contribution in [0.15, 0.2) is 93.6 Å². The maximum absolute atomic E-state index is 5.01. The lowest BCUT2D eigenvalue weighted by atomic mass is 10.0. The van der Waals surface area contributed by atoms with Gasteiger partial charge in [-0.3, -0.25) is 4.99 Å². The van der Waals surface area contributed by atoms with E-state index in [0.717, 1.165) is 17.8 Å². The molecule has 0 fully saturated rings. The normalized spacial score (nSPS) is 16.7. The van der Waals surface area contributed by atoms with Crippen LogP contribution >= 0.6 is 23.5 Å². The number of fused-ring (bicyclic) bond motifs is 1. The van der Waals surface area contributed by atoms with Gasteiger partial charge in [0, 0.05) is 27.2 Å². The van der Waals surface area contributed by atoms with Crippen LogP contribution in [0.25, 0.3) is 0 Å². The van der Waals surface area contributed by atoms with Crippen molar-refractivity contribution >= 4 is 34.9 Å². The van der Waals surface area contributed by atoms with Crippen LogP contribution in [0.2, 0.25) is 0 Å². The van der Waals surface area contributed by atoms with Gasteiger partial charge in [0.2, 0.25) is 0 Å². The molecule has 3 aromatic rings. The van der Waals surface area contributed by atoms with E-state index in [9.17, 15) is 0 Å². The van der Waals surface area contributed by atoms with Crippen molar-refractivity contribution in [1.29, 1.82) is 0 Å². The lowest BCUT2D eigenvalue weighted by Crippen LogP contribution is -2.05. The molecule has 124 valence electrons. The Hall–Kier alpha value is -1.97. The highest BCUT2D eigenvalue weighted by Crippen LogP contribution is 2.45. The summed E-state index contributed by atoms with van der Waals surface area (Å²) < 4.78 is 0. The SMILES string of the molecule is CSc1ccc(C2CC(c3ccccc3)=Nc3ccccc3S2)cc1. The largest absolute Gasteiger partial charge is 0.252 e. The van der Waals surface area contributed by atoms with Gasteiger partial charge in [-0.25, -0.2) is 0 Å². The molecule has 1 aliphatic rings. The van der Waals surface area contributed by atoms with Crippen molar-refractivity contribution in [3.05, 3.63) is 90.0 Å². The molecule has 1 heterocycles. The molecular formula is C22H19NS2. The summed E-state index contributed by atoms with van der Waals surface area (Å²) in [5.41, 5.74) is 4.82. The Labute approximate surface area is 157 Å². The average molecular weight is 362 g/mol. The number of para-hydroxylation sites is 1. The maximum Gasteiger partial charge on any atom is 0.0769 e. The number of hydrogen-bond donors (Lipinski definition) is 0. The van der Waals surface area contributed by atoms with Gasteiger partial charge in [-0.05, 0) is 41.6 Å². The second kappa shape index (κ2) is 7.51. The zero-order chi connectivity index (χ0) is 17.1. The fourth-order valence-electron chi connectivity index (χ4n) is 3.03. The number of aliphatic imine (C=N–C) groups is 1. The van der Waals surface area contributed by atoms with Crippen molar-refractivity contribution in [3.8, 4) is 0 Å². The Morgan fingerprint density at radius 2 is 1.60 bits per heavy atom. The fourth-order valence-corrected chi connectivity index (χ4v) is 4.67. The Kier molecular flexibility index (Phi) is 4.95. The third-order valence-electron chi connectivity index (χ3n) is 4.36. The van der Waals surface area contributed by atoms with E-state index in [4.69, 9.17) is 4.99 Å². The first-order valence-corrected chi connectivity index (χ1v) is 10.5. The minimum atomic E-state index is 0.374. The van der Waals surface area contributed by atoms with Crippen molar-refractivity contribution in [2.24, 2.45) is 4.99 Å². The van der Waals surface area contributed by atoms with Crippen molar-refractivity contribution < 1.29 is 0 Å². The second-order valence-electron chi connectivity index (χ2n) is 5.98. The van der Waals surface area contributed by atoms with E-state index in [1.807, 2.05) is 11.8 Å². The minimum absolute atomic E-state index is 0.374. The summed E-state index contributed by atoms with van der Waals surface area (Å²) in [6, 6.07) is 28.0. The first kappa shape index (κ1) is 16.5. The van der Waals surface area contributed by atoms with Crippen LogP contribution in [0, 0.1) is 0 Å². The Morgan fingerprint density at radius 1 is 0.880 bits per heavy atom. The molecule has 3 aromatic carbocycles. The molecule has 0 aromatic heterocycles. The zero-order valence-corrected chi connectivity index (χ0v) is 15.7. The predicted octanol–water partition coefficient (Wildman–Crippen LogP) is 6.77. The first-order chi connectivity index (χ1) is 12.3. The summed E-state index contributed by atoms with van der Waals surface area (Å²) in [5.74, 6) is 0. The Balaban J connectivity index is 1.76. The van der Waals surface area contributed by atoms with E-state index >= 15 is 0 Å². The van der Waals surface area contributed by atoms with Gasteiger partial charge in [-0.15, -0.1) is 23.5 Å². The molecule has 1 unspecified atom stereocenters. The highest BCUT2D eigenvalue weighted by Gasteiger charge is 2.22.